The molecule has 7 rings (SSSR count). The van der Waals surface area contributed by atoms with E-state index in [1.165, 1.54) is 0 Å². The van der Waals surface area contributed by atoms with E-state index in [1.807, 2.05) is 73.7 Å². The van der Waals surface area contributed by atoms with Crippen molar-refractivity contribution in [1.82, 2.24) is 4.72 Å². The summed E-state index contributed by atoms with van der Waals surface area (Å²) >= 11 is 6.39. The van der Waals surface area contributed by atoms with Gasteiger partial charge in [0.15, 0.2) is 0 Å². The molecule has 3 aliphatic rings. The zero-order chi connectivity index (χ0) is 41.8. The molecule has 0 spiro atoms. The molecule has 1 fully saturated rings. The van der Waals surface area contributed by atoms with Gasteiger partial charge in [0.1, 0.15) is 12.4 Å². The van der Waals surface area contributed by atoms with Gasteiger partial charge in [0.25, 0.3) is 14.2 Å². The summed E-state index contributed by atoms with van der Waals surface area (Å²) in [6.45, 7) is 10.3. The lowest BCUT2D eigenvalue weighted by molar-refractivity contribution is 0.0461. The SMILES string of the molecule is C[C@H](C[C@@H]1CC/C=C\[C@H](O)[C@@H]2CC[C@H]2CN2CCCCc3cc(Cl)ccc3COc3ccc(cc32)C(=O)NS1(=O)=O)O[Si](c1ccccc1)(c1ccccc1)C(C)(C)C. The number of allylic oxidation sites excluding steroid dienone is 1. The molecule has 59 heavy (non-hydrogen) atoms. The quantitative estimate of drug-likeness (QED) is 0.148. The van der Waals surface area contributed by atoms with E-state index in [9.17, 15) is 18.3 Å². The summed E-state index contributed by atoms with van der Waals surface area (Å²) in [6.07, 6.45) is 8.11. The number of ether oxygens (including phenoxy) is 1. The first-order chi connectivity index (χ1) is 28.2. The van der Waals surface area contributed by atoms with Crippen molar-refractivity contribution in [2.75, 3.05) is 18.0 Å². The minimum absolute atomic E-state index is 0.0824. The van der Waals surface area contributed by atoms with Crippen molar-refractivity contribution in [3.05, 3.63) is 131 Å². The maximum absolute atomic E-state index is 14.5. The molecule has 0 aromatic heterocycles. The number of rotatable bonds is 6. The second kappa shape index (κ2) is 18.4. The van der Waals surface area contributed by atoms with Crippen molar-refractivity contribution < 1.29 is 27.5 Å². The van der Waals surface area contributed by atoms with Gasteiger partial charge in [-0.1, -0.05) is 111 Å². The number of nitrogens with one attached hydrogen (secondary N) is 1. The summed E-state index contributed by atoms with van der Waals surface area (Å²) in [5.74, 6) is 0.282. The molecular formula is C48H59ClN2O6SSi. The lowest BCUT2D eigenvalue weighted by Gasteiger charge is -2.45. The molecule has 314 valence electrons. The molecule has 11 heteroatoms. The third kappa shape index (κ3) is 9.68. The summed E-state index contributed by atoms with van der Waals surface area (Å²) in [5, 5.41) is 13.1. The second-order valence-corrected chi connectivity index (χ2v) is 24.4. The van der Waals surface area contributed by atoms with Gasteiger partial charge in [0.2, 0.25) is 10.0 Å². The molecular weight excluding hydrogens is 796 g/mol. The van der Waals surface area contributed by atoms with Crippen LogP contribution in [0.4, 0.5) is 5.69 Å². The van der Waals surface area contributed by atoms with Crippen LogP contribution < -0.4 is 24.7 Å². The molecule has 2 N–H and O–H groups in total. The molecule has 2 aliphatic heterocycles. The van der Waals surface area contributed by atoms with Crippen LogP contribution in [-0.4, -0.2) is 58.3 Å². The van der Waals surface area contributed by atoms with Crippen molar-refractivity contribution in [1.29, 1.82) is 0 Å². The Morgan fingerprint density at radius 1 is 0.932 bits per heavy atom. The number of aliphatic hydroxyl groups excluding tert-OH is 1. The van der Waals surface area contributed by atoms with Gasteiger partial charge in [-0.05, 0) is 127 Å². The molecule has 8 nitrogen and oxygen atoms in total. The smallest absolute Gasteiger partial charge is 0.264 e. The Labute approximate surface area is 357 Å². The van der Waals surface area contributed by atoms with Gasteiger partial charge in [0.05, 0.1) is 17.0 Å². The van der Waals surface area contributed by atoms with Gasteiger partial charge in [0, 0.05) is 29.8 Å². The van der Waals surface area contributed by atoms with Gasteiger partial charge in [-0.15, -0.1) is 0 Å². The lowest BCUT2D eigenvalue weighted by Crippen LogP contribution is -2.67. The number of carbonyl (C=O) groups excluding carboxylic acids is 1. The Kier molecular flexibility index (Phi) is 13.4. The van der Waals surface area contributed by atoms with Gasteiger partial charge >= 0.3 is 0 Å². The first-order valence-corrected chi connectivity index (χ1v) is 25.1. The van der Waals surface area contributed by atoms with Crippen molar-refractivity contribution >= 4 is 51.9 Å². The van der Waals surface area contributed by atoms with Gasteiger partial charge in [-0.25, -0.2) is 13.1 Å². The molecule has 4 aromatic carbocycles. The Bertz CT molecular complexity index is 2170. The highest BCUT2D eigenvalue weighted by atomic mass is 35.5. The summed E-state index contributed by atoms with van der Waals surface area (Å²) in [4.78, 5) is 16.4. The predicted octanol–water partition coefficient (Wildman–Crippen LogP) is 8.58. The fraction of sp³-hybridized carbons (Fsp3) is 0.438. The van der Waals surface area contributed by atoms with E-state index >= 15 is 0 Å². The second-order valence-electron chi connectivity index (χ2n) is 17.7. The van der Waals surface area contributed by atoms with Gasteiger partial charge in [-0.3, -0.25) is 4.79 Å². The fourth-order valence-electron chi connectivity index (χ4n) is 9.38. The van der Waals surface area contributed by atoms with Crippen LogP contribution in [0.15, 0.2) is 109 Å². The first kappa shape index (κ1) is 43.2. The van der Waals surface area contributed by atoms with E-state index in [0.29, 0.717) is 30.3 Å². The van der Waals surface area contributed by atoms with E-state index in [4.69, 9.17) is 20.8 Å². The van der Waals surface area contributed by atoms with Crippen molar-refractivity contribution in [2.45, 2.75) is 108 Å². The normalized spacial score (nSPS) is 23.8. The summed E-state index contributed by atoms with van der Waals surface area (Å²) in [7, 11) is -7.20. The molecule has 4 aromatic rings. The molecule has 0 saturated heterocycles. The summed E-state index contributed by atoms with van der Waals surface area (Å²) in [5.41, 5.74) is 3.22. The number of halogens is 1. The highest BCUT2D eigenvalue weighted by Crippen LogP contribution is 2.42. The Hall–Kier alpha value is -3.93. The third-order valence-corrected chi connectivity index (χ3v) is 19.8. The Morgan fingerprint density at radius 2 is 1.64 bits per heavy atom. The number of carbonyl (C=O) groups is 1. The number of aryl methyl sites for hydroxylation is 1. The Balaban J connectivity index is 1.22. The Morgan fingerprint density at radius 3 is 2.31 bits per heavy atom. The number of amides is 1. The van der Waals surface area contributed by atoms with Crippen LogP contribution in [0.2, 0.25) is 10.1 Å². The average Bonchev–Trinajstić information content (AvgIpc) is 3.22. The van der Waals surface area contributed by atoms with Crippen LogP contribution in [0.25, 0.3) is 0 Å². The minimum Gasteiger partial charge on any atom is -0.487 e. The van der Waals surface area contributed by atoms with Crippen molar-refractivity contribution in [2.24, 2.45) is 11.8 Å². The van der Waals surface area contributed by atoms with E-state index in [1.54, 1.807) is 18.2 Å². The van der Waals surface area contributed by atoms with Crippen LogP contribution in [0.3, 0.4) is 0 Å². The minimum atomic E-state index is -4.20. The van der Waals surface area contributed by atoms with E-state index in [0.717, 1.165) is 65.8 Å². The van der Waals surface area contributed by atoms with Crippen LogP contribution >= 0.6 is 11.6 Å². The van der Waals surface area contributed by atoms with Crippen molar-refractivity contribution in [3.8, 4) is 5.75 Å². The number of nitrogens with zero attached hydrogens (tertiary/aromatic N) is 1. The zero-order valence-corrected chi connectivity index (χ0v) is 37.4. The highest BCUT2D eigenvalue weighted by molar-refractivity contribution is 7.90. The number of fused-ring (bicyclic) bond motifs is 3. The van der Waals surface area contributed by atoms with Crippen LogP contribution in [-0.2, 0) is 27.5 Å². The first-order valence-electron chi connectivity index (χ1n) is 21.2. The largest absolute Gasteiger partial charge is 0.487 e. The molecule has 5 atom stereocenters. The number of anilines is 1. The van der Waals surface area contributed by atoms with E-state index < -0.39 is 41.7 Å². The molecule has 1 amide bonds. The third-order valence-electron chi connectivity index (χ3n) is 12.7. The topological polar surface area (TPSA) is 105 Å². The maximum Gasteiger partial charge on any atom is 0.264 e. The molecule has 1 aliphatic carbocycles. The van der Waals surface area contributed by atoms with E-state index in [2.05, 4.69) is 54.7 Å². The number of benzene rings is 4. The maximum atomic E-state index is 14.5. The predicted molar refractivity (Wildman–Crippen MR) is 241 cm³/mol. The standard InChI is InChI=1S/C48H59ClN2O6SSi/c1-34(57-59(48(2,3)4,41-17-7-5-8-18-41)42-19-9-6-10-20-42)29-40-16-11-12-21-45(52)43-26-23-37(43)32-51-28-14-13-15-35-30-39(49)25-22-38(35)33-56-46-27-24-36(31-44(46)51)47(53)50-58(40,54)55/h5-10,12,17-22,24-25,27,30-31,34,37,40,43,45,52H,11,13-16,23,26,28-29,32-33H2,1-4H3,(H,50,53)/b21-12-/t34-,37+,40+,43-,45+/m1/s1. The summed E-state index contributed by atoms with van der Waals surface area (Å²) < 4.78 is 45.3. The fourth-order valence-corrected chi connectivity index (χ4v) is 15.8. The zero-order valence-electron chi connectivity index (χ0n) is 34.8. The number of hydrogen-bond acceptors (Lipinski definition) is 7. The number of sulfonamides is 1. The lowest BCUT2D eigenvalue weighted by atomic mass is 9.70. The highest BCUT2D eigenvalue weighted by Gasteiger charge is 2.51. The molecule has 0 radical (unpaired) electrons. The average molecular weight is 856 g/mol. The molecule has 2 heterocycles. The number of hydrogen-bond donors (Lipinski definition) is 2. The van der Waals surface area contributed by atoms with E-state index in [-0.39, 0.29) is 35.3 Å². The van der Waals surface area contributed by atoms with Gasteiger partial charge < -0.3 is 19.2 Å². The van der Waals surface area contributed by atoms with Crippen LogP contribution in [0.5, 0.6) is 5.75 Å². The van der Waals surface area contributed by atoms with Gasteiger partial charge in [-0.2, -0.15) is 0 Å². The molecule has 1 saturated carbocycles. The summed E-state index contributed by atoms with van der Waals surface area (Å²) in [6, 6.07) is 31.7. The van der Waals surface area contributed by atoms with Crippen molar-refractivity contribution in [3.63, 3.8) is 0 Å². The molecule has 0 unspecified atom stereocenters. The molecule has 2 bridgehead atoms. The van der Waals surface area contributed by atoms with Crippen LogP contribution in [0, 0.1) is 11.8 Å². The monoisotopic (exact) mass is 854 g/mol. The number of aliphatic hydroxyl groups is 1. The van der Waals surface area contributed by atoms with Crippen LogP contribution in [0.1, 0.15) is 94.1 Å².